The van der Waals surface area contributed by atoms with Crippen LogP contribution in [0.2, 0.25) is 0 Å². The molecule has 0 saturated heterocycles. The zero-order valence-electron chi connectivity index (χ0n) is 10.7. The average Bonchev–Trinajstić information content (AvgIpc) is 2.29. The number of anilines is 1. The summed E-state index contributed by atoms with van der Waals surface area (Å²) in [5, 5.41) is 5.84. The largest absolute Gasteiger partial charge is 0.388 e. The molecule has 0 aliphatic carbocycles. The third-order valence-electron chi connectivity index (χ3n) is 2.32. The smallest absolute Gasteiger partial charge is 0.234 e. The van der Waals surface area contributed by atoms with Gasteiger partial charge in [0.25, 0.3) is 0 Å². The zero-order chi connectivity index (χ0) is 12.7. The van der Waals surface area contributed by atoms with Crippen molar-refractivity contribution in [3.05, 3.63) is 24.0 Å². The van der Waals surface area contributed by atoms with Crippen molar-refractivity contribution in [2.24, 2.45) is 0 Å². The van der Waals surface area contributed by atoms with Gasteiger partial charge in [-0.3, -0.25) is 14.7 Å². The molecule has 0 saturated carbocycles. The van der Waals surface area contributed by atoms with E-state index >= 15 is 0 Å². The minimum Gasteiger partial charge on any atom is -0.388 e. The van der Waals surface area contributed by atoms with Gasteiger partial charge in [-0.25, -0.2) is 0 Å². The van der Waals surface area contributed by atoms with Crippen LogP contribution < -0.4 is 10.6 Å². The summed E-state index contributed by atoms with van der Waals surface area (Å²) in [7, 11) is 3.78. The molecule has 0 aromatic carbocycles. The lowest BCUT2D eigenvalue weighted by Gasteiger charge is -2.15. The summed E-state index contributed by atoms with van der Waals surface area (Å²) in [5.74, 6) is 0.0415. The van der Waals surface area contributed by atoms with E-state index in [4.69, 9.17) is 0 Å². The summed E-state index contributed by atoms with van der Waals surface area (Å²) < 4.78 is 0. The highest BCUT2D eigenvalue weighted by Crippen LogP contribution is 2.08. The predicted molar refractivity (Wildman–Crippen MR) is 68.8 cm³/mol. The molecule has 1 aromatic heterocycles. The number of nitrogens with one attached hydrogen (secondary N) is 2. The Kier molecular flexibility index (Phi) is 5.42. The first-order valence-corrected chi connectivity index (χ1v) is 5.73. The van der Waals surface area contributed by atoms with Crippen LogP contribution >= 0.6 is 0 Å². The van der Waals surface area contributed by atoms with Gasteiger partial charge in [-0.2, -0.15) is 0 Å². The van der Waals surface area contributed by atoms with Crippen LogP contribution in [0.5, 0.6) is 0 Å². The van der Waals surface area contributed by atoms with Gasteiger partial charge in [0.15, 0.2) is 0 Å². The molecule has 17 heavy (non-hydrogen) atoms. The molecule has 0 spiro atoms. The molecule has 1 heterocycles. The van der Waals surface area contributed by atoms with Gasteiger partial charge in [-0.1, -0.05) is 0 Å². The van der Waals surface area contributed by atoms with Gasteiger partial charge >= 0.3 is 0 Å². The van der Waals surface area contributed by atoms with E-state index in [0.29, 0.717) is 19.6 Å². The number of amides is 1. The molecule has 5 heteroatoms. The number of carbonyl (C=O) groups is 1. The van der Waals surface area contributed by atoms with Crippen LogP contribution in [0.3, 0.4) is 0 Å². The van der Waals surface area contributed by atoms with Crippen LogP contribution in [0.25, 0.3) is 0 Å². The molecule has 2 N–H and O–H groups in total. The number of likely N-dealkylation sites (N-methyl/N-ethyl adjacent to an activating group) is 2. The van der Waals surface area contributed by atoms with E-state index in [0.717, 1.165) is 11.4 Å². The van der Waals surface area contributed by atoms with Crippen molar-refractivity contribution < 1.29 is 4.79 Å². The van der Waals surface area contributed by atoms with Gasteiger partial charge in [0, 0.05) is 32.0 Å². The lowest BCUT2D eigenvalue weighted by atomic mass is 10.3. The number of aromatic nitrogens is 1. The first-order valence-electron chi connectivity index (χ1n) is 5.73. The van der Waals surface area contributed by atoms with Crippen LogP contribution in [-0.4, -0.2) is 43.0 Å². The zero-order valence-corrected chi connectivity index (χ0v) is 10.7. The van der Waals surface area contributed by atoms with Gasteiger partial charge < -0.3 is 10.6 Å². The van der Waals surface area contributed by atoms with E-state index in [1.165, 1.54) is 0 Å². The number of hydrogen-bond donors (Lipinski definition) is 2. The quantitative estimate of drug-likeness (QED) is 0.763. The van der Waals surface area contributed by atoms with Gasteiger partial charge in [-0.05, 0) is 26.1 Å². The number of carbonyl (C=O) groups excluding carboxylic acids is 1. The maximum Gasteiger partial charge on any atom is 0.234 e. The Morgan fingerprint density at radius 3 is 2.94 bits per heavy atom. The molecule has 1 rings (SSSR count). The maximum atomic E-state index is 11.4. The fourth-order valence-electron chi connectivity index (χ4n) is 1.55. The summed E-state index contributed by atoms with van der Waals surface area (Å²) in [5.41, 5.74) is 1.98. The molecule has 0 aliphatic rings. The second-order valence-corrected chi connectivity index (χ2v) is 3.91. The molecule has 0 unspecified atom stereocenters. The van der Waals surface area contributed by atoms with Gasteiger partial charge in [0.2, 0.25) is 5.91 Å². The highest BCUT2D eigenvalue weighted by molar-refractivity contribution is 5.77. The summed E-state index contributed by atoms with van der Waals surface area (Å²) in [4.78, 5) is 17.6. The summed E-state index contributed by atoms with van der Waals surface area (Å²) in [6, 6.07) is 3.89. The Hall–Kier alpha value is -1.62. The third-order valence-corrected chi connectivity index (χ3v) is 2.32. The second kappa shape index (κ2) is 6.85. The van der Waals surface area contributed by atoms with E-state index in [2.05, 4.69) is 15.6 Å². The molecular formula is C12H20N4O. The molecule has 1 amide bonds. The van der Waals surface area contributed by atoms with E-state index in [9.17, 15) is 4.79 Å². The van der Waals surface area contributed by atoms with Crippen molar-refractivity contribution in [1.29, 1.82) is 0 Å². The lowest BCUT2D eigenvalue weighted by Crippen LogP contribution is -2.34. The Balaban J connectivity index is 2.49. The number of hydrogen-bond acceptors (Lipinski definition) is 4. The first-order chi connectivity index (χ1) is 8.15. The second-order valence-electron chi connectivity index (χ2n) is 3.91. The molecule has 5 nitrogen and oxygen atoms in total. The SMILES string of the molecule is CCNC(=O)CN(C)Cc1cc(NC)ccn1. The molecule has 1 aromatic rings. The molecule has 0 atom stereocenters. The fraction of sp³-hybridized carbons (Fsp3) is 0.500. The number of pyridine rings is 1. The Morgan fingerprint density at radius 1 is 1.53 bits per heavy atom. The van der Waals surface area contributed by atoms with E-state index in [1.54, 1.807) is 6.20 Å². The first kappa shape index (κ1) is 13.4. The Morgan fingerprint density at radius 2 is 2.29 bits per heavy atom. The lowest BCUT2D eigenvalue weighted by molar-refractivity contribution is -0.121. The Labute approximate surface area is 102 Å². The van der Waals surface area contributed by atoms with Crippen LogP contribution in [0.4, 0.5) is 5.69 Å². The van der Waals surface area contributed by atoms with Crippen LogP contribution in [0, 0.1) is 0 Å². The van der Waals surface area contributed by atoms with Crippen molar-refractivity contribution in [2.45, 2.75) is 13.5 Å². The van der Waals surface area contributed by atoms with Gasteiger partial charge in [0.05, 0.1) is 12.2 Å². The van der Waals surface area contributed by atoms with E-state index in [1.807, 2.05) is 38.1 Å². The standard InChI is InChI=1S/C12H20N4O/c1-4-14-12(17)9-16(3)8-11-7-10(13-2)5-6-15-11/h5-7H,4,8-9H2,1-3H3,(H,13,15)(H,14,17). The number of nitrogens with zero attached hydrogens (tertiary/aromatic N) is 2. The number of rotatable bonds is 6. The molecule has 0 aliphatic heterocycles. The predicted octanol–water partition coefficient (Wildman–Crippen LogP) is 0.691. The van der Waals surface area contributed by atoms with E-state index < -0.39 is 0 Å². The van der Waals surface area contributed by atoms with Gasteiger partial charge in [-0.15, -0.1) is 0 Å². The van der Waals surface area contributed by atoms with Crippen molar-refractivity contribution in [3.8, 4) is 0 Å². The van der Waals surface area contributed by atoms with Crippen molar-refractivity contribution in [1.82, 2.24) is 15.2 Å². The normalized spacial score (nSPS) is 10.4. The molecular weight excluding hydrogens is 216 g/mol. The van der Waals surface area contributed by atoms with Crippen molar-refractivity contribution >= 4 is 11.6 Å². The average molecular weight is 236 g/mol. The van der Waals surface area contributed by atoms with Gasteiger partial charge in [0.1, 0.15) is 0 Å². The van der Waals surface area contributed by atoms with Crippen LogP contribution in [-0.2, 0) is 11.3 Å². The monoisotopic (exact) mass is 236 g/mol. The van der Waals surface area contributed by atoms with Crippen molar-refractivity contribution in [2.75, 3.05) is 32.5 Å². The minimum absolute atomic E-state index is 0.0415. The molecule has 0 fully saturated rings. The summed E-state index contributed by atoms with van der Waals surface area (Å²) in [6.45, 7) is 3.63. The topological polar surface area (TPSA) is 57.3 Å². The highest BCUT2D eigenvalue weighted by Gasteiger charge is 2.06. The van der Waals surface area contributed by atoms with Crippen molar-refractivity contribution in [3.63, 3.8) is 0 Å². The highest BCUT2D eigenvalue weighted by atomic mass is 16.1. The fourth-order valence-corrected chi connectivity index (χ4v) is 1.55. The molecule has 0 bridgehead atoms. The maximum absolute atomic E-state index is 11.4. The third kappa shape index (κ3) is 4.82. The summed E-state index contributed by atoms with van der Waals surface area (Å²) in [6.07, 6.45) is 1.77. The Bertz CT molecular complexity index is 367. The van der Waals surface area contributed by atoms with E-state index in [-0.39, 0.29) is 5.91 Å². The minimum atomic E-state index is 0.0415. The molecule has 0 radical (unpaired) electrons. The molecule has 94 valence electrons. The summed E-state index contributed by atoms with van der Waals surface area (Å²) >= 11 is 0. The van der Waals surface area contributed by atoms with Crippen LogP contribution in [0.15, 0.2) is 18.3 Å². The van der Waals surface area contributed by atoms with Crippen LogP contribution in [0.1, 0.15) is 12.6 Å².